The van der Waals surface area contributed by atoms with Crippen molar-refractivity contribution in [3.8, 4) is 17.6 Å². The van der Waals surface area contributed by atoms with Gasteiger partial charge in [0.15, 0.2) is 17.6 Å². The van der Waals surface area contributed by atoms with Crippen LogP contribution >= 0.6 is 0 Å². The molecule has 204 valence electrons. The molecule has 11 heteroatoms. The number of urea groups is 1. The first-order valence-corrected chi connectivity index (χ1v) is 12.6. The Morgan fingerprint density at radius 2 is 1.77 bits per heavy atom. The number of carbonyl (C=O) groups is 4. The molecule has 0 spiro atoms. The third-order valence-electron chi connectivity index (χ3n) is 6.75. The standard InChI is InChI=1S/C18H20N4O3.C10H10FNO2/c1-2-21-9-11-22(12-10-21)17(24)14-6-3-13(4-7-14)5-8-15-16(23)20-18(25)19-15;1-12-5-6-3-4-7(14-2)9(11)8(6)10(12)13/h3-4,6-7,15H,2,9-12H2,1H3,(H2,19,20,23,25);3-4H,5H2,1-2H3. The number of likely N-dealkylation sites (N-methyl/N-ethyl adjacent to an activating group) is 1. The highest BCUT2D eigenvalue weighted by Crippen LogP contribution is 2.29. The van der Waals surface area contributed by atoms with Crippen molar-refractivity contribution in [2.75, 3.05) is 46.9 Å². The van der Waals surface area contributed by atoms with Gasteiger partial charge in [0.2, 0.25) is 0 Å². The molecule has 0 aromatic heterocycles. The Morgan fingerprint density at radius 1 is 1.08 bits per heavy atom. The third kappa shape index (κ3) is 6.18. The van der Waals surface area contributed by atoms with Crippen molar-refractivity contribution < 1.29 is 28.3 Å². The number of nitrogens with one attached hydrogen (secondary N) is 2. The van der Waals surface area contributed by atoms with Crippen molar-refractivity contribution >= 4 is 23.8 Å². The Kier molecular flexibility index (Phi) is 8.46. The van der Waals surface area contributed by atoms with Gasteiger partial charge in [-0.3, -0.25) is 19.7 Å². The summed E-state index contributed by atoms with van der Waals surface area (Å²) >= 11 is 0. The Bertz CT molecular complexity index is 1340. The Balaban J connectivity index is 0.000000212. The summed E-state index contributed by atoms with van der Waals surface area (Å²) in [5.41, 5.74) is 2.17. The number of rotatable bonds is 3. The van der Waals surface area contributed by atoms with Crippen LogP contribution in [0.5, 0.6) is 5.75 Å². The molecular weight excluding hydrogens is 505 g/mol. The molecule has 5 rings (SSSR count). The average molecular weight is 536 g/mol. The maximum atomic E-state index is 13.6. The molecule has 2 N–H and O–H groups in total. The number of hydrogen-bond acceptors (Lipinski definition) is 6. The normalized spacial score (nSPS) is 18.4. The summed E-state index contributed by atoms with van der Waals surface area (Å²) in [4.78, 5) is 52.2. The van der Waals surface area contributed by atoms with Gasteiger partial charge in [-0.2, -0.15) is 0 Å². The number of fused-ring (bicyclic) bond motifs is 1. The lowest BCUT2D eigenvalue weighted by molar-refractivity contribution is -0.119. The second-order valence-corrected chi connectivity index (χ2v) is 9.25. The quantitative estimate of drug-likeness (QED) is 0.455. The molecule has 0 saturated carbocycles. The summed E-state index contributed by atoms with van der Waals surface area (Å²) < 4.78 is 18.4. The first-order valence-electron chi connectivity index (χ1n) is 12.6. The lowest BCUT2D eigenvalue weighted by Crippen LogP contribution is -2.48. The van der Waals surface area contributed by atoms with E-state index in [0.717, 1.165) is 38.3 Å². The van der Waals surface area contributed by atoms with E-state index in [-0.39, 0.29) is 23.1 Å². The summed E-state index contributed by atoms with van der Waals surface area (Å²) in [7, 11) is 3.03. The minimum Gasteiger partial charge on any atom is -0.494 e. The monoisotopic (exact) mass is 535 g/mol. The van der Waals surface area contributed by atoms with Crippen molar-refractivity contribution in [1.82, 2.24) is 25.3 Å². The molecular formula is C28H30FN5O5. The van der Waals surface area contributed by atoms with E-state index < -0.39 is 23.8 Å². The Labute approximate surface area is 226 Å². The smallest absolute Gasteiger partial charge is 0.322 e. The number of carbonyl (C=O) groups excluding carboxylic acids is 4. The molecule has 3 aliphatic rings. The highest BCUT2D eigenvalue weighted by molar-refractivity contribution is 6.06. The maximum absolute atomic E-state index is 13.6. The first-order chi connectivity index (χ1) is 18.7. The zero-order valence-electron chi connectivity index (χ0n) is 22.0. The van der Waals surface area contributed by atoms with Crippen molar-refractivity contribution in [3.63, 3.8) is 0 Å². The lowest BCUT2D eigenvalue weighted by atomic mass is 10.1. The summed E-state index contributed by atoms with van der Waals surface area (Å²) in [6, 6.07) is 8.88. The van der Waals surface area contributed by atoms with E-state index >= 15 is 0 Å². The Morgan fingerprint density at radius 3 is 2.36 bits per heavy atom. The van der Waals surface area contributed by atoms with E-state index in [0.29, 0.717) is 17.7 Å². The van der Waals surface area contributed by atoms with Gasteiger partial charge in [0.05, 0.1) is 12.7 Å². The number of amides is 5. The predicted molar refractivity (Wildman–Crippen MR) is 141 cm³/mol. The van der Waals surface area contributed by atoms with Gasteiger partial charge in [0, 0.05) is 50.9 Å². The number of hydrogen-bond donors (Lipinski definition) is 2. The molecule has 0 radical (unpaired) electrons. The lowest BCUT2D eigenvalue weighted by Gasteiger charge is -2.34. The van der Waals surface area contributed by atoms with Gasteiger partial charge < -0.3 is 24.8 Å². The number of benzene rings is 2. The number of methoxy groups -OCH3 is 1. The van der Waals surface area contributed by atoms with Crippen LogP contribution in [-0.4, -0.2) is 91.4 Å². The van der Waals surface area contributed by atoms with Crippen LogP contribution in [-0.2, 0) is 11.3 Å². The number of nitrogens with zero attached hydrogens (tertiary/aromatic N) is 3. The molecule has 1 atom stereocenters. The van der Waals surface area contributed by atoms with Crippen LogP contribution in [0.2, 0.25) is 0 Å². The molecule has 0 bridgehead atoms. The topological polar surface area (TPSA) is 111 Å². The van der Waals surface area contributed by atoms with E-state index in [2.05, 4.69) is 34.3 Å². The molecule has 2 saturated heterocycles. The van der Waals surface area contributed by atoms with Crippen LogP contribution < -0.4 is 15.4 Å². The third-order valence-corrected chi connectivity index (χ3v) is 6.75. The van der Waals surface area contributed by atoms with E-state index in [1.807, 2.05) is 4.90 Å². The minimum absolute atomic E-state index is 0.0256. The summed E-state index contributed by atoms with van der Waals surface area (Å²) in [5.74, 6) is 4.40. The summed E-state index contributed by atoms with van der Waals surface area (Å²) in [5, 5.41) is 4.54. The number of ether oxygens (including phenoxy) is 1. The van der Waals surface area contributed by atoms with E-state index in [4.69, 9.17) is 4.74 Å². The van der Waals surface area contributed by atoms with Gasteiger partial charge in [-0.25, -0.2) is 9.18 Å². The first kappa shape index (κ1) is 27.6. The second kappa shape index (κ2) is 12.0. The molecule has 2 aromatic carbocycles. The number of halogens is 1. The predicted octanol–water partition coefficient (Wildman–Crippen LogP) is 1.44. The van der Waals surface area contributed by atoms with E-state index in [9.17, 15) is 23.6 Å². The molecule has 39 heavy (non-hydrogen) atoms. The fraction of sp³-hybridized carbons (Fsp3) is 0.357. The summed E-state index contributed by atoms with van der Waals surface area (Å²) in [6.07, 6.45) is 0. The second-order valence-electron chi connectivity index (χ2n) is 9.25. The molecule has 2 fully saturated rings. The molecule has 2 aromatic rings. The molecule has 0 aliphatic carbocycles. The largest absolute Gasteiger partial charge is 0.494 e. The zero-order valence-corrected chi connectivity index (χ0v) is 22.0. The van der Waals surface area contributed by atoms with E-state index in [1.165, 1.54) is 12.0 Å². The fourth-order valence-corrected chi connectivity index (χ4v) is 4.46. The highest BCUT2D eigenvalue weighted by Gasteiger charge is 2.30. The van der Waals surface area contributed by atoms with Crippen LogP contribution in [0.3, 0.4) is 0 Å². The molecule has 3 aliphatic heterocycles. The molecule has 3 heterocycles. The van der Waals surface area contributed by atoms with Gasteiger partial charge in [-0.15, -0.1) is 0 Å². The SMILES string of the molecule is CCN1CCN(C(=O)c2ccc(C#CC3NC(=O)NC3=O)cc2)CC1.COc1ccc2c(c1F)C(=O)N(C)C2. The minimum atomic E-state index is -0.830. The van der Waals surface area contributed by atoms with Crippen LogP contribution in [0.15, 0.2) is 36.4 Å². The van der Waals surface area contributed by atoms with Crippen molar-refractivity contribution in [3.05, 3.63) is 64.5 Å². The Hall–Kier alpha value is -4.43. The van der Waals surface area contributed by atoms with Gasteiger partial charge in [0.1, 0.15) is 0 Å². The van der Waals surface area contributed by atoms with Gasteiger partial charge in [0.25, 0.3) is 17.7 Å². The van der Waals surface area contributed by atoms with Crippen molar-refractivity contribution in [2.24, 2.45) is 0 Å². The highest BCUT2D eigenvalue weighted by atomic mass is 19.1. The molecule has 5 amide bonds. The van der Waals surface area contributed by atoms with Crippen LogP contribution in [0.1, 0.15) is 38.8 Å². The molecule has 10 nitrogen and oxygen atoms in total. The number of imide groups is 1. The van der Waals surface area contributed by atoms with Crippen LogP contribution in [0, 0.1) is 17.7 Å². The average Bonchev–Trinajstić information content (AvgIpc) is 3.43. The van der Waals surface area contributed by atoms with Gasteiger partial charge >= 0.3 is 6.03 Å². The zero-order chi connectivity index (χ0) is 28.1. The number of piperazine rings is 1. The summed E-state index contributed by atoms with van der Waals surface area (Å²) in [6.45, 7) is 6.89. The van der Waals surface area contributed by atoms with Crippen LogP contribution in [0.4, 0.5) is 9.18 Å². The van der Waals surface area contributed by atoms with Crippen LogP contribution in [0.25, 0.3) is 0 Å². The molecule has 1 unspecified atom stereocenters. The van der Waals surface area contributed by atoms with Crippen molar-refractivity contribution in [2.45, 2.75) is 19.5 Å². The van der Waals surface area contributed by atoms with Gasteiger partial charge in [-0.1, -0.05) is 24.8 Å². The van der Waals surface area contributed by atoms with E-state index in [1.54, 1.807) is 43.4 Å². The fourth-order valence-electron chi connectivity index (χ4n) is 4.46. The maximum Gasteiger partial charge on any atom is 0.322 e. The van der Waals surface area contributed by atoms with Crippen molar-refractivity contribution in [1.29, 1.82) is 0 Å². The van der Waals surface area contributed by atoms with Gasteiger partial charge in [-0.05, 0) is 42.4 Å².